The van der Waals surface area contributed by atoms with Crippen molar-refractivity contribution in [1.29, 1.82) is 0 Å². The largest absolute Gasteiger partial charge is 0.245 e. The van der Waals surface area contributed by atoms with Crippen LogP contribution in [0, 0.1) is 0 Å². The first-order valence-corrected chi connectivity index (χ1v) is 15.9. The van der Waals surface area contributed by atoms with Gasteiger partial charge in [-0.25, -0.2) is 15.0 Å². The minimum atomic E-state index is 0.691. The normalized spacial score (nSPS) is 11.6. The fraction of sp³-hybridized carbons (Fsp3) is 0. The number of benzene rings is 6. The second kappa shape index (κ2) is 10.5. The van der Waals surface area contributed by atoms with E-state index < -0.39 is 0 Å². The van der Waals surface area contributed by atoms with Crippen molar-refractivity contribution in [3.05, 3.63) is 152 Å². The van der Waals surface area contributed by atoms with Crippen molar-refractivity contribution in [3.63, 3.8) is 0 Å². The van der Waals surface area contributed by atoms with Crippen LogP contribution in [-0.4, -0.2) is 15.0 Å². The molecule has 0 aliphatic carbocycles. The molecule has 0 saturated carbocycles. The Hall–Kier alpha value is -5.71. The number of nitrogens with zero attached hydrogens (tertiary/aromatic N) is 3. The zero-order valence-corrected chi connectivity index (χ0v) is 25.0. The van der Waals surface area contributed by atoms with Crippen LogP contribution in [0.5, 0.6) is 0 Å². The lowest BCUT2D eigenvalue weighted by Gasteiger charge is -2.12. The molecule has 0 unspecified atom stereocenters. The summed E-state index contributed by atoms with van der Waals surface area (Å²) >= 11 is 1.86. The topological polar surface area (TPSA) is 38.7 Å². The number of fused-ring (bicyclic) bond motifs is 6. The highest BCUT2D eigenvalue weighted by Crippen LogP contribution is 2.40. The van der Waals surface area contributed by atoms with Gasteiger partial charge in [0.15, 0.2) is 5.82 Å². The van der Waals surface area contributed by atoms with Gasteiger partial charge in [-0.2, -0.15) is 0 Å². The quantitative estimate of drug-likeness (QED) is 0.191. The predicted molar refractivity (Wildman–Crippen MR) is 189 cm³/mol. The summed E-state index contributed by atoms with van der Waals surface area (Å²) in [4.78, 5) is 15.5. The fourth-order valence-corrected chi connectivity index (χ4v) is 7.50. The van der Waals surface area contributed by atoms with E-state index in [0.717, 1.165) is 49.9 Å². The Morgan fingerprint density at radius 1 is 0.400 bits per heavy atom. The minimum absolute atomic E-state index is 0.691. The monoisotopic (exact) mass is 591 g/mol. The standard InChI is InChI=1S/C41H25N3S/c1-3-10-27(11-4-1)35-25-23-29-22-24-34-37(43-41(30-12-5-2-6-13-30)44-39(34)38(29)42-35)28-20-18-26(19-21-28)31-15-9-16-33-32-14-7-8-17-36(32)45-40(31)33/h1-25H. The molecule has 9 rings (SSSR count). The molecule has 45 heavy (non-hydrogen) atoms. The molecule has 0 radical (unpaired) electrons. The van der Waals surface area contributed by atoms with Gasteiger partial charge in [0.25, 0.3) is 0 Å². The second-order valence-corrected chi connectivity index (χ2v) is 12.3. The van der Waals surface area contributed by atoms with Crippen molar-refractivity contribution in [2.75, 3.05) is 0 Å². The fourth-order valence-electron chi connectivity index (χ4n) is 6.26. The average molecular weight is 592 g/mol. The molecule has 3 nitrogen and oxygen atoms in total. The minimum Gasteiger partial charge on any atom is -0.245 e. The van der Waals surface area contributed by atoms with Gasteiger partial charge in [0, 0.05) is 47.6 Å². The highest BCUT2D eigenvalue weighted by atomic mass is 32.1. The third kappa shape index (κ3) is 4.38. The predicted octanol–water partition coefficient (Wildman–Crippen LogP) is 11.2. The third-order valence-electron chi connectivity index (χ3n) is 8.50. The Bertz CT molecular complexity index is 2520. The summed E-state index contributed by atoms with van der Waals surface area (Å²) < 4.78 is 2.63. The highest BCUT2D eigenvalue weighted by molar-refractivity contribution is 7.26. The highest BCUT2D eigenvalue weighted by Gasteiger charge is 2.16. The molecule has 0 saturated heterocycles. The summed E-state index contributed by atoms with van der Waals surface area (Å²) in [6.07, 6.45) is 0. The third-order valence-corrected chi connectivity index (χ3v) is 9.72. The number of thiophene rings is 1. The number of hydrogen-bond acceptors (Lipinski definition) is 4. The van der Waals surface area contributed by atoms with Crippen LogP contribution in [0.15, 0.2) is 152 Å². The molecule has 9 aromatic rings. The van der Waals surface area contributed by atoms with Crippen molar-refractivity contribution in [2.24, 2.45) is 0 Å². The van der Waals surface area contributed by atoms with E-state index in [9.17, 15) is 0 Å². The molecular weight excluding hydrogens is 567 g/mol. The molecule has 0 aliphatic heterocycles. The molecule has 3 heterocycles. The molecule has 210 valence electrons. The Labute approximate surface area is 264 Å². The van der Waals surface area contributed by atoms with Crippen molar-refractivity contribution >= 4 is 53.3 Å². The molecule has 6 aromatic carbocycles. The molecule has 3 aromatic heterocycles. The van der Waals surface area contributed by atoms with Gasteiger partial charge >= 0.3 is 0 Å². The molecule has 4 heteroatoms. The first-order chi connectivity index (χ1) is 22.3. The number of aromatic nitrogens is 3. The van der Waals surface area contributed by atoms with Gasteiger partial charge in [0.2, 0.25) is 0 Å². The van der Waals surface area contributed by atoms with E-state index in [1.165, 1.54) is 31.3 Å². The smallest absolute Gasteiger partial charge is 0.160 e. The number of pyridine rings is 1. The van der Waals surface area contributed by atoms with Gasteiger partial charge in [-0.15, -0.1) is 11.3 Å². The molecule has 0 bridgehead atoms. The zero-order chi connectivity index (χ0) is 29.7. The Morgan fingerprint density at radius 3 is 1.91 bits per heavy atom. The Balaban J connectivity index is 1.23. The molecule has 0 atom stereocenters. The zero-order valence-electron chi connectivity index (χ0n) is 24.2. The first-order valence-electron chi connectivity index (χ1n) is 15.0. The Kier molecular flexibility index (Phi) is 6.00. The summed E-state index contributed by atoms with van der Waals surface area (Å²) in [6.45, 7) is 0. The summed E-state index contributed by atoms with van der Waals surface area (Å²) in [5.74, 6) is 0.691. The van der Waals surface area contributed by atoms with E-state index in [-0.39, 0.29) is 0 Å². The van der Waals surface area contributed by atoms with E-state index in [0.29, 0.717) is 5.82 Å². The van der Waals surface area contributed by atoms with Gasteiger partial charge in [0.1, 0.15) is 5.52 Å². The molecule has 0 N–H and O–H groups in total. The lowest BCUT2D eigenvalue weighted by Crippen LogP contribution is -1.97. The Morgan fingerprint density at radius 2 is 1.09 bits per heavy atom. The van der Waals surface area contributed by atoms with Crippen LogP contribution >= 0.6 is 11.3 Å². The van der Waals surface area contributed by atoms with Crippen LogP contribution in [-0.2, 0) is 0 Å². The molecular formula is C41H25N3S. The van der Waals surface area contributed by atoms with Gasteiger partial charge in [-0.3, -0.25) is 0 Å². The van der Waals surface area contributed by atoms with E-state index >= 15 is 0 Å². The maximum absolute atomic E-state index is 5.17. The summed E-state index contributed by atoms with van der Waals surface area (Å²) in [6, 6.07) is 53.1. The van der Waals surface area contributed by atoms with Gasteiger partial charge in [-0.1, -0.05) is 133 Å². The van der Waals surface area contributed by atoms with E-state index in [1.54, 1.807) is 0 Å². The van der Waals surface area contributed by atoms with Crippen LogP contribution in [0.25, 0.3) is 87.0 Å². The molecule has 0 spiro atoms. The van der Waals surface area contributed by atoms with Gasteiger partial charge < -0.3 is 0 Å². The number of hydrogen-bond donors (Lipinski definition) is 0. The van der Waals surface area contributed by atoms with E-state index in [1.807, 2.05) is 47.7 Å². The van der Waals surface area contributed by atoms with Crippen molar-refractivity contribution in [1.82, 2.24) is 15.0 Å². The van der Waals surface area contributed by atoms with Crippen molar-refractivity contribution < 1.29 is 0 Å². The van der Waals surface area contributed by atoms with Crippen LogP contribution in [0.4, 0.5) is 0 Å². The van der Waals surface area contributed by atoms with Gasteiger partial charge in [-0.05, 0) is 29.3 Å². The first kappa shape index (κ1) is 25.8. The SMILES string of the molecule is c1ccc(-c2ccc3ccc4c(-c5ccc(-c6cccc7c6sc6ccccc67)cc5)nc(-c5ccccc5)nc4c3n2)cc1. The van der Waals surface area contributed by atoms with Crippen molar-refractivity contribution in [2.45, 2.75) is 0 Å². The summed E-state index contributed by atoms with van der Waals surface area (Å²) in [5, 5.41) is 4.66. The maximum Gasteiger partial charge on any atom is 0.160 e. The lowest BCUT2D eigenvalue weighted by atomic mass is 9.98. The van der Waals surface area contributed by atoms with E-state index in [2.05, 4.69) is 115 Å². The summed E-state index contributed by atoms with van der Waals surface area (Å²) in [7, 11) is 0. The second-order valence-electron chi connectivity index (χ2n) is 11.2. The van der Waals surface area contributed by atoms with E-state index in [4.69, 9.17) is 15.0 Å². The molecule has 0 aliphatic rings. The van der Waals surface area contributed by atoms with Crippen LogP contribution in [0.3, 0.4) is 0 Å². The maximum atomic E-state index is 5.17. The number of rotatable bonds is 4. The van der Waals surface area contributed by atoms with Crippen LogP contribution in [0.1, 0.15) is 0 Å². The van der Waals surface area contributed by atoms with Gasteiger partial charge in [0.05, 0.1) is 16.9 Å². The molecule has 0 amide bonds. The van der Waals surface area contributed by atoms with Crippen LogP contribution < -0.4 is 0 Å². The lowest BCUT2D eigenvalue weighted by molar-refractivity contribution is 1.23. The van der Waals surface area contributed by atoms with Crippen LogP contribution in [0.2, 0.25) is 0 Å². The average Bonchev–Trinajstić information content (AvgIpc) is 3.51. The summed E-state index contributed by atoms with van der Waals surface area (Å²) in [5.41, 5.74) is 9.11. The molecule has 0 fully saturated rings. The van der Waals surface area contributed by atoms with Crippen molar-refractivity contribution in [3.8, 4) is 45.0 Å².